The Balaban J connectivity index is 1.53. The van der Waals surface area contributed by atoms with Crippen molar-refractivity contribution in [3.63, 3.8) is 0 Å². The van der Waals surface area contributed by atoms with Crippen molar-refractivity contribution in [2.45, 2.75) is 38.9 Å². The van der Waals surface area contributed by atoms with Gasteiger partial charge in [0.15, 0.2) is 5.82 Å². The zero-order valence-corrected chi connectivity index (χ0v) is 18.4. The Hall–Kier alpha value is -3.20. The minimum absolute atomic E-state index is 0.311. The molecule has 1 fully saturated rings. The second kappa shape index (κ2) is 7.81. The lowest BCUT2D eigenvalue weighted by atomic mass is 9.99. The summed E-state index contributed by atoms with van der Waals surface area (Å²) in [5, 5.41) is 10.2. The summed E-state index contributed by atoms with van der Waals surface area (Å²) in [6.07, 6.45) is 1.71. The number of nitrogens with one attached hydrogen (secondary N) is 2. The SMILES string of the molecule is COc1ccc(-c2cc(Nc3ccnc(N4CC(C)(C)OC(C)(C)C4)n3)n[nH]2)c(F)c1. The van der Waals surface area contributed by atoms with E-state index in [1.807, 2.05) is 0 Å². The Labute approximate surface area is 180 Å². The summed E-state index contributed by atoms with van der Waals surface area (Å²) in [5.74, 6) is 1.81. The monoisotopic (exact) mass is 426 g/mol. The van der Waals surface area contributed by atoms with Crippen LogP contribution in [0.25, 0.3) is 11.3 Å². The van der Waals surface area contributed by atoms with Crippen molar-refractivity contribution in [1.82, 2.24) is 20.2 Å². The molecule has 164 valence electrons. The number of aromatic nitrogens is 4. The van der Waals surface area contributed by atoms with Gasteiger partial charge in [-0.25, -0.2) is 9.37 Å². The Morgan fingerprint density at radius 3 is 2.52 bits per heavy atom. The molecule has 3 aromatic rings. The maximum atomic E-state index is 14.4. The predicted molar refractivity (Wildman–Crippen MR) is 117 cm³/mol. The third-order valence-corrected chi connectivity index (χ3v) is 4.92. The first-order valence-electron chi connectivity index (χ1n) is 10.1. The molecular formula is C22H27FN6O2. The van der Waals surface area contributed by atoms with E-state index in [0.717, 1.165) is 0 Å². The van der Waals surface area contributed by atoms with Gasteiger partial charge in [0.1, 0.15) is 17.4 Å². The molecule has 0 radical (unpaired) electrons. The lowest BCUT2D eigenvalue weighted by Crippen LogP contribution is -2.57. The van der Waals surface area contributed by atoms with E-state index in [1.165, 1.54) is 13.2 Å². The molecular weight excluding hydrogens is 399 g/mol. The van der Waals surface area contributed by atoms with Crippen LogP contribution in [0.4, 0.5) is 22.0 Å². The molecule has 1 saturated heterocycles. The topological polar surface area (TPSA) is 88.2 Å². The molecule has 9 heteroatoms. The largest absolute Gasteiger partial charge is 0.497 e. The van der Waals surface area contributed by atoms with Gasteiger partial charge in [0.2, 0.25) is 5.95 Å². The molecule has 2 N–H and O–H groups in total. The van der Waals surface area contributed by atoms with E-state index in [2.05, 4.69) is 58.1 Å². The summed E-state index contributed by atoms with van der Waals surface area (Å²) in [6, 6.07) is 8.19. The van der Waals surface area contributed by atoms with Crippen LogP contribution in [-0.2, 0) is 4.74 Å². The molecule has 0 aliphatic carbocycles. The van der Waals surface area contributed by atoms with Gasteiger partial charge in [-0.2, -0.15) is 10.1 Å². The molecule has 0 spiro atoms. The van der Waals surface area contributed by atoms with Gasteiger partial charge in [-0.1, -0.05) is 0 Å². The summed E-state index contributed by atoms with van der Waals surface area (Å²) >= 11 is 0. The minimum atomic E-state index is -0.392. The number of halogens is 1. The van der Waals surface area contributed by atoms with Crippen LogP contribution in [0.3, 0.4) is 0 Å². The van der Waals surface area contributed by atoms with E-state index in [0.29, 0.717) is 47.7 Å². The smallest absolute Gasteiger partial charge is 0.227 e. The molecule has 1 aliphatic rings. The zero-order valence-electron chi connectivity index (χ0n) is 18.4. The number of rotatable bonds is 5. The van der Waals surface area contributed by atoms with Crippen molar-refractivity contribution in [3.8, 4) is 17.0 Å². The van der Waals surface area contributed by atoms with Crippen molar-refractivity contribution in [1.29, 1.82) is 0 Å². The van der Waals surface area contributed by atoms with Crippen molar-refractivity contribution < 1.29 is 13.9 Å². The number of aromatic amines is 1. The van der Waals surface area contributed by atoms with Crippen LogP contribution in [0.15, 0.2) is 36.5 Å². The van der Waals surface area contributed by atoms with E-state index in [1.54, 1.807) is 30.5 Å². The lowest BCUT2D eigenvalue weighted by molar-refractivity contribution is -0.133. The highest BCUT2D eigenvalue weighted by molar-refractivity contribution is 5.66. The summed E-state index contributed by atoms with van der Waals surface area (Å²) in [7, 11) is 1.50. The minimum Gasteiger partial charge on any atom is -0.497 e. The van der Waals surface area contributed by atoms with Crippen LogP contribution >= 0.6 is 0 Å². The number of morpholine rings is 1. The maximum absolute atomic E-state index is 14.4. The molecule has 0 atom stereocenters. The molecule has 3 heterocycles. The predicted octanol–water partition coefficient (Wildman–Crippen LogP) is 4.15. The summed E-state index contributed by atoms with van der Waals surface area (Å²) in [4.78, 5) is 11.2. The second-order valence-electron chi connectivity index (χ2n) is 8.86. The summed E-state index contributed by atoms with van der Waals surface area (Å²) < 4.78 is 25.6. The van der Waals surface area contributed by atoms with Crippen molar-refractivity contribution in [3.05, 3.63) is 42.3 Å². The van der Waals surface area contributed by atoms with Crippen molar-refractivity contribution >= 4 is 17.6 Å². The number of anilines is 3. The first kappa shape index (κ1) is 21.0. The van der Waals surface area contributed by atoms with Crippen LogP contribution < -0.4 is 15.0 Å². The molecule has 0 unspecified atom stereocenters. The summed E-state index contributed by atoms with van der Waals surface area (Å²) in [6.45, 7) is 9.62. The van der Waals surface area contributed by atoms with Crippen molar-refractivity contribution in [2.75, 3.05) is 30.4 Å². The van der Waals surface area contributed by atoms with Crippen molar-refractivity contribution in [2.24, 2.45) is 0 Å². The Bertz CT molecular complexity index is 1070. The number of hydrogen-bond acceptors (Lipinski definition) is 7. The fraction of sp³-hybridized carbons (Fsp3) is 0.409. The highest BCUT2D eigenvalue weighted by Crippen LogP contribution is 2.31. The van der Waals surface area contributed by atoms with Crippen LogP contribution in [0.1, 0.15) is 27.7 Å². The maximum Gasteiger partial charge on any atom is 0.227 e. The molecule has 1 aliphatic heterocycles. The Morgan fingerprint density at radius 2 is 1.84 bits per heavy atom. The van der Waals surface area contributed by atoms with E-state index in [-0.39, 0.29) is 11.2 Å². The van der Waals surface area contributed by atoms with Crippen LogP contribution in [0.2, 0.25) is 0 Å². The normalized spacial score (nSPS) is 17.4. The lowest BCUT2D eigenvalue weighted by Gasteiger charge is -2.47. The Kier molecular flexibility index (Phi) is 5.30. The van der Waals surface area contributed by atoms with Gasteiger partial charge in [-0.05, 0) is 45.9 Å². The first-order valence-corrected chi connectivity index (χ1v) is 10.1. The number of benzene rings is 1. The number of nitrogens with zero attached hydrogens (tertiary/aromatic N) is 4. The fourth-order valence-electron chi connectivity index (χ4n) is 4.00. The van der Waals surface area contributed by atoms with Gasteiger partial charge in [0.25, 0.3) is 0 Å². The fourth-order valence-corrected chi connectivity index (χ4v) is 4.00. The van der Waals surface area contributed by atoms with E-state index in [4.69, 9.17) is 9.47 Å². The average Bonchev–Trinajstić information content (AvgIpc) is 3.13. The third-order valence-electron chi connectivity index (χ3n) is 4.92. The number of methoxy groups -OCH3 is 1. The van der Waals surface area contributed by atoms with E-state index in [9.17, 15) is 4.39 Å². The molecule has 1 aromatic carbocycles. The second-order valence-corrected chi connectivity index (χ2v) is 8.86. The highest BCUT2D eigenvalue weighted by atomic mass is 19.1. The van der Waals surface area contributed by atoms with Gasteiger partial charge in [0.05, 0.1) is 24.0 Å². The standard InChI is InChI=1S/C22H27FN6O2/c1-21(2)12-29(13-22(3,4)31-21)20-24-9-8-18(26-20)25-19-11-17(27-28-19)15-7-6-14(30-5)10-16(15)23/h6-11H,12-13H2,1-5H3,(H2,24,25,26,27,28). The quantitative estimate of drug-likeness (QED) is 0.634. The molecule has 31 heavy (non-hydrogen) atoms. The van der Waals surface area contributed by atoms with Crippen LogP contribution in [0, 0.1) is 5.82 Å². The zero-order chi connectivity index (χ0) is 22.2. The van der Waals surface area contributed by atoms with Gasteiger partial charge in [-0.3, -0.25) is 5.10 Å². The summed E-state index contributed by atoms with van der Waals surface area (Å²) in [5.41, 5.74) is 0.332. The van der Waals surface area contributed by atoms with Gasteiger partial charge in [-0.15, -0.1) is 0 Å². The van der Waals surface area contributed by atoms with Gasteiger partial charge in [0, 0.05) is 37.0 Å². The highest BCUT2D eigenvalue weighted by Gasteiger charge is 2.39. The van der Waals surface area contributed by atoms with Crippen LogP contribution in [0.5, 0.6) is 5.75 Å². The number of ether oxygens (including phenoxy) is 2. The molecule has 2 aromatic heterocycles. The molecule has 8 nitrogen and oxygen atoms in total. The van der Waals surface area contributed by atoms with Gasteiger partial charge < -0.3 is 19.7 Å². The molecule has 4 rings (SSSR count). The number of hydrogen-bond donors (Lipinski definition) is 2. The Morgan fingerprint density at radius 1 is 1.10 bits per heavy atom. The number of H-pyrrole nitrogens is 1. The molecule has 0 amide bonds. The van der Waals surface area contributed by atoms with Gasteiger partial charge >= 0.3 is 0 Å². The molecule has 0 bridgehead atoms. The first-order chi connectivity index (χ1) is 14.6. The van der Waals surface area contributed by atoms with E-state index >= 15 is 0 Å². The average molecular weight is 426 g/mol. The van der Waals surface area contributed by atoms with E-state index < -0.39 is 5.82 Å². The molecule has 0 saturated carbocycles. The van der Waals surface area contributed by atoms with Crippen LogP contribution in [-0.4, -0.2) is 51.6 Å². The third kappa shape index (κ3) is 4.77.